The van der Waals surface area contributed by atoms with Crippen molar-refractivity contribution < 1.29 is 9.53 Å². The number of nitrogens with zero attached hydrogens (tertiary/aromatic N) is 1. The molecule has 2 aliphatic rings. The molecule has 0 saturated carbocycles. The minimum absolute atomic E-state index is 0. The third kappa shape index (κ3) is 6.12. The molecule has 142 valence electrons. The van der Waals surface area contributed by atoms with Crippen molar-refractivity contribution in [2.45, 2.75) is 37.9 Å². The summed E-state index contributed by atoms with van der Waals surface area (Å²) in [6, 6.07) is 11.1. The molecular weight excluding hydrogens is 361 g/mol. The van der Waals surface area contributed by atoms with E-state index in [1.807, 2.05) is 0 Å². The Hall–Kier alpha value is -0.850. The van der Waals surface area contributed by atoms with Crippen molar-refractivity contribution in [3.63, 3.8) is 0 Å². The quantitative estimate of drug-likeness (QED) is 0.828. The Kier molecular flexibility index (Phi) is 9.75. The van der Waals surface area contributed by atoms with Crippen molar-refractivity contribution in [2.75, 3.05) is 32.8 Å². The van der Waals surface area contributed by atoms with Crippen molar-refractivity contribution in [1.29, 1.82) is 0 Å². The zero-order valence-corrected chi connectivity index (χ0v) is 16.3. The third-order valence-electron chi connectivity index (χ3n) is 4.94. The van der Waals surface area contributed by atoms with E-state index in [1.165, 1.54) is 5.56 Å². The average molecular weight is 390 g/mol. The van der Waals surface area contributed by atoms with Gasteiger partial charge in [-0.1, -0.05) is 30.3 Å². The number of carbonyl (C=O) groups excluding carboxylic acids is 1. The fourth-order valence-electron chi connectivity index (χ4n) is 3.41. The number of hydrogen-bond donors (Lipinski definition) is 2. The molecule has 2 fully saturated rings. The summed E-state index contributed by atoms with van der Waals surface area (Å²) in [5, 5.41) is 6.39. The third-order valence-corrected chi connectivity index (χ3v) is 4.94. The summed E-state index contributed by atoms with van der Waals surface area (Å²) in [4.78, 5) is 14.7. The molecular formula is C18H29Cl2N3O2. The van der Waals surface area contributed by atoms with Gasteiger partial charge in [-0.05, 0) is 25.3 Å². The molecule has 2 heterocycles. The van der Waals surface area contributed by atoms with Crippen molar-refractivity contribution in [3.05, 3.63) is 35.9 Å². The van der Waals surface area contributed by atoms with Crippen LogP contribution in [0.4, 0.5) is 0 Å². The van der Waals surface area contributed by atoms with E-state index in [0.29, 0.717) is 19.3 Å². The van der Waals surface area contributed by atoms with Gasteiger partial charge in [-0.25, -0.2) is 0 Å². The van der Waals surface area contributed by atoms with Gasteiger partial charge in [0.15, 0.2) is 0 Å². The van der Waals surface area contributed by atoms with E-state index in [-0.39, 0.29) is 42.8 Å². The number of halogens is 2. The maximum absolute atomic E-state index is 12.2. The van der Waals surface area contributed by atoms with Crippen molar-refractivity contribution >= 4 is 30.7 Å². The average Bonchev–Trinajstić information content (AvgIpc) is 2.63. The SMILES string of the molecule is CC(c1ccccc1)N1CCC(NC(=O)C2COCCN2)CC1.Cl.Cl. The maximum atomic E-state index is 12.2. The van der Waals surface area contributed by atoms with Crippen LogP contribution >= 0.6 is 24.8 Å². The number of nitrogens with one attached hydrogen (secondary N) is 2. The summed E-state index contributed by atoms with van der Waals surface area (Å²) < 4.78 is 5.36. The molecule has 0 aromatic heterocycles. The van der Waals surface area contributed by atoms with E-state index < -0.39 is 0 Å². The molecule has 25 heavy (non-hydrogen) atoms. The number of hydrogen-bond acceptors (Lipinski definition) is 4. The van der Waals surface area contributed by atoms with Gasteiger partial charge in [-0.15, -0.1) is 24.8 Å². The first-order valence-corrected chi connectivity index (χ1v) is 8.64. The van der Waals surface area contributed by atoms with Crippen LogP contribution in [0.1, 0.15) is 31.4 Å². The van der Waals surface area contributed by atoms with Crippen LogP contribution in [0, 0.1) is 0 Å². The van der Waals surface area contributed by atoms with E-state index in [0.717, 1.165) is 32.5 Å². The van der Waals surface area contributed by atoms with Gasteiger partial charge in [0.25, 0.3) is 0 Å². The first-order valence-electron chi connectivity index (χ1n) is 8.64. The number of morpholine rings is 1. The number of carbonyl (C=O) groups is 1. The second-order valence-corrected chi connectivity index (χ2v) is 6.49. The minimum atomic E-state index is -0.190. The van der Waals surface area contributed by atoms with Crippen LogP contribution in [0.2, 0.25) is 0 Å². The highest BCUT2D eigenvalue weighted by Gasteiger charge is 2.27. The molecule has 2 unspecified atom stereocenters. The predicted octanol–water partition coefficient (Wildman–Crippen LogP) is 2.16. The van der Waals surface area contributed by atoms with Crippen LogP contribution in [0.5, 0.6) is 0 Å². The fourth-order valence-corrected chi connectivity index (χ4v) is 3.41. The molecule has 0 radical (unpaired) electrons. The summed E-state index contributed by atoms with van der Waals surface area (Å²) in [6.45, 7) is 6.24. The molecule has 1 aromatic rings. The Morgan fingerprint density at radius 3 is 2.52 bits per heavy atom. The van der Waals surface area contributed by atoms with Crippen molar-refractivity contribution in [3.8, 4) is 0 Å². The fraction of sp³-hybridized carbons (Fsp3) is 0.611. The van der Waals surface area contributed by atoms with Gasteiger partial charge in [0.1, 0.15) is 6.04 Å². The molecule has 2 N–H and O–H groups in total. The van der Waals surface area contributed by atoms with Gasteiger partial charge in [0.2, 0.25) is 5.91 Å². The van der Waals surface area contributed by atoms with E-state index >= 15 is 0 Å². The zero-order valence-electron chi connectivity index (χ0n) is 14.6. The summed E-state index contributed by atoms with van der Waals surface area (Å²) >= 11 is 0. The summed E-state index contributed by atoms with van der Waals surface area (Å²) in [7, 11) is 0. The largest absolute Gasteiger partial charge is 0.378 e. The lowest BCUT2D eigenvalue weighted by Gasteiger charge is -2.37. The Labute approximate surface area is 162 Å². The topological polar surface area (TPSA) is 53.6 Å². The predicted molar refractivity (Wildman–Crippen MR) is 105 cm³/mol. The van der Waals surface area contributed by atoms with Crippen molar-refractivity contribution in [1.82, 2.24) is 15.5 Å². The van der Waals surface area contributed by atoms with E-state index in [1.54, 1.807) is 0 Å². The normalized spacial score (nSPS) is 23.0. The number of ether oxygens (including phenoxy) is 1. The van der Waals surface area contributed by atoms with Crippen LogP contribution in [-0.4, -0.2) is 55.7 Å². The molecule has 2 atom stereocenters. The van der Waals surface area contributed by atoms with Gasteiger partial charge in [-0.3, -0.25) is 9.69 Å². The Bertz CT molecular complexity index is 504. The molecule has 1 aromatic carbocycles. The first kappa shape index (κ1) is 22.2. The van der Waals surface area contributed by atoms with Gasteiger partial charge in [0.05, 0.1) is 13.2 Å². The van der Waals surface area contributed by atoms with E-state index in [9.17, 15) is 4.79 Å². The standard InChI is InChI=1S/C18H27N3O2.2ClH/c1-14(15-5-3-2-4-6-15)21-10-7-16(8-11-21)20-18(22)17-13-23-12-9-19-17;;/h2-6,14,16-17,19H,7-13H2,1H3,(H,20,22);2*1H. The van der Waals surface area contributed by atoms with Crippen molar-refractivity contribution in [2.24, 2.45) is 0 Å². The summed E-state index contributed by atoms with van der Waals surface area (Å²) in [6.07, 6.45) is 2.02. The number of benzene rings is 1. The molecule has 1 amide bonds. The minimum Gasteiger partial charge on any atom is -0.378 e. The Balaban J connectivity index is 0.00000156. The second-order valence-electron chi connectivity index (χ2n) is 6.49. The zero-order chi connectivity index (χ0) is 16.1. The van der Waals surface area contributed by atoms with Crippen LogP contribution in [0.3, 0.4) is 0 Å². The number of piperidine rings is 1. The van der Waals surface area contributed by atoms with Crippen LogP contribution in [-0.2, 0) is 9.53 Å². The lowest BCUT2D eigenvalue weighted by Crippen LogP contribution is -2.55. The second kappa shape index (κ2) is 11.0. The summed E-state index contributed by atoms with van der Waals surface area (Å²) in [5.41, 5.74) is 1.36. The van der Waals surface area contributed by atoms with Gasteiger partial charge >= 0.3 is 0 Å². The molecule has 3 rings (SSSR count). The van der Waals surface area contributed by atoms with E-state index in [2.05, 4.69) is 52.8 Å². The van der Waals surface area contributed by atoms with Gasteiger partial charge < -0.3 is 15.4 Å². The Morgan fingerprint density at radius 2 is 1.92 bits per heavy atom. The highest BCUT2D eigenvalue weighted by molar-refractivity contribution is 5.85. The molecule has 2 saturated heterocycles. The lowest BCUT2D eigenvalue weighted by atomic mass is 10.00. The maximum Gasteiger partial charge on any atom is 0.239 e. The first-order chi connectivity index (χ1) is 11.2. The molecule has 0 aliphatic carbocycles. The monoisotopic (exact) mass is 389 g/mol. The van der Waals surface area contributed by atoms with E-state index in [4.69, 9.17) is 4.74 Å². The highest BCUT2D eigenvalue weighted by atomic mass is 35.5. The summed E-state index contributed by atoms with van der Waals surface area (Å²) in [5.74, 6) is 0.0826. The number of likely N-dealkylation sites (tertiary alicyclic amines) is 1. The number of rotatable bonds is 4. The lowest BCUT2D eigenvalue weighted by molar-refractivity contribution is -0.127. The van der Waals surface area contributed by atoms with Crippen LogP contribution in [0.15, 0.2) is 30.3 Å². The molecule has 0 bridgehead atoms. The highest BCUT2D eigenvalue weighted by Crippen LogP contribution is 2.24. The molecule has 0 spiro atoms. The van der Waals surface area contributed by atoms with Gasteiger partial charge in [0, 0.05) is 31.7 Å². The Morgan fingerprint density at radius 1 is 1.24 bits per heavy atom. The molecule has 5 nitrogen and oxygen atoms in total. The smallest absolute Gasteiger partial charge is 0.239 e. The molecule has 2 aliphatic heterocycles. The number of amides is 1. The molecule has 7 heteroatoms. The van der Waals surface area contributed by atoms with Gasteiger partial charge in [-0.2, -0.15) is 0 Å². The van der Waals surface area contributed by atoms with Crippen LogP contribution in [0.25, 0.3) is 0 Å². The van der Waals surface area contributed by atoms with Crippen LogP contribution < -0.4 is 10.6 Å².